The Kier molecular flexibility index (Phi) is 68.4. The van der Waals surface area contributed by atoms with Crippen molar-refractivity contribution in [2.75, 3.05) is 39.6 Å². The van der Waals surface area contributed by atoms with Gasteiger partial charge in [0, 0.05) is 25.7 Å². The van der Waals surface area contributed by atoms with Crippen molar-refractivity contribution < 1.29 is 80.2 Å². The van der Waals surface area contributed by atoms with Crippen molar-refractivity contribution in [1.29, 1.82) is 0 Å². The summed E-state index contributed by atoms with van der Waals surface area (Å²) in [5, 5.41) is 10.6. The van der Waals surface area contributed by atoms with Gasteiger partial charge in [-0.15, -0.1) is 0 Å². The van der Waals surface area contributed by atoms with Crippen LogP contribution in [-0.4, -0.2) is 96.7 Å². The summed E-state index contributed by atoms with van der Waals surface area (Å²) in [6.45, 7) is 4.65. The number of carbonyl (C=O) groups is 4. The predicted molar refractivity (Wildman–Crippen MR) is 399 cm³/mol. The van der Waals surface area contributed by atoms with E-state index in [1.165, 1.54) is 103 Å². The van der Waals surface area contributed by atoms with E-state index in [4.69, 9.17) is 37.0 Å². The van der Waals surface area contributed by atoms with Crippen LogP contribution >= 0.6 is 15.6 Å². The number of ether oxygens (including phenoxy) is 4. The van der Waals surface area contributed by atoms with Crippen LogP contribution in [0.4, 0.5) is 0 Å². The molecule has 0 saturated carbocycles. The van der Waals surface area contributed by atoms with Crippen LogP contribution in [0.2, 0.25) is 0 Å². The Labute approximate surface area is 595 Å². The van der Waals surface area contributed by atoms with Crippen molar-refractivity contribution in [3.63, 3.8) is 0 Å². The molecule has 0 bridgehead atoms. The van der Waals surface area contributed by atoms with Gasteiger partial charge < -0.3 is 33.8 Å². The van der Waals surface area contributed by atoms with Crippen LogP contribution in [0, 0.1) is 0 Å². The summed E-state index contributed by atoms with van der Waals surface area (Å²) in [5.41, 5.74) is 0. The zero-order chi connectivity index (χ0) is 71.8. The molecule has 17 nitrogen and oxygen atoms in total. The SMILES string of the molecule is CC/C=C\C/C=C\C/C=C\C/C=C\C/C=C\C/C=C\CCC(=O)OCC(COP(=O)(O)OCC(O)COP(=O)(O)OCC(COC(=O)CCCCCCC/C=C\CCCCCCCC)OC(=O)CCCCCCCCCCCCC)OC(=O)CCCCCCC/C=C\CCCCCC. The lowest BCUT2D eigenvalue weighted by Gasteiger charge is -2.21. The van der Waals surface area contributed by atoms with Gasteiger partial charge in [0.25, 0.3) is 0 Å². The van der Waals surface area contributed by atoms with Crippen LogP contribution in [-0.2, 0) is 65.4 Å². The minimum atomic E-state index is -4.99. The Bertz CT molecular complexity index is 2240. The number of allylic oxidation sites excluding steroid dienone is 16. The van der Waals surface area contributed by atoms with Gasteiger partial charge in [-0.2, -0.15) is 0 Å². The number of unbranched alkanes of at least 4 members (excludes halogenated alkanes) is 30. The summed E-state index contributed by atoms with van der Waals surface area (Å²) in [5.74, 6) is -2.28. The van der Waals surface area contributed by atoms with Crippen molar-refractivity contribution in [3.05, 3.63) is 97.2 Å². The number of phosphoric acid groups is 2. The highest BCUT2D eigenvalue weighted by Gasteiger charge is 2.30. The van der Waals surface area contributed by atoms with E-state index in [0.29, 0.717) is 32.1 Å². The van der Waals surface area contributed by atoms with E-state index in [9.17, 15) is 43.2 Å². The molecule has 0 amide bonds. The highest BCUT2D eigenvalue weighted by molar-refractivity contribution is 7.47. The van der Waals surface area contributed by atoms with Crippen LogP contribution in [0.3, 0.4) is 0 Å². The number of phosphoric ester groups is 2. The topological polar surface area (TPSA) is 237 Å². The molecule has 5 atom stereocenters. The van der Waals surface area contributed by atoms with Gasteiger partial charge >= 0.3 is 39.5 Å². The fourth-order valence-corrected chi connectivity index (χ4v) is 11.8. The monoisotopic (exact) mass is 1420 g/mol. The molecule has 0 aromatic rings. The molecule has 0 heterocycles. The van der Waals surface area contributed by atoms with E-state index in [0.717, 1.165) is 135 Å². The van der Waals surface area contributed by atoms with Crippen molar-refractivity contribution in [3.8, 4) is 0 Å². The summed E-state index contributed by atoms with van der Waals surface area (Å²) in [7, 11) is -9.96. The Balaban J connectivity index is 5.37. The molecule has 3 N–H and O–H groups in total. The summed E-state index contributed by atoms with van der Waals surface area (Å²) in [4.78, 5) is 72.8. The van der Waals surface area contributed by atoms with Gasteiger partial charge in [0.2, 0.25) is 0 Å². The second kappa shape index (κ2) is 71.4. The molecule has 0 aromatic carbocycles. The van der Waals surface area contributed by atoms with E-state index in [1.54, 1.807) is 0 Å². The Morgan fingerprint density at radius 2 is 0.551 bits per heavy atom. The molecule has 5 unspecified atom stereocenters. The average Bonchev–Trinajstić information content (AvgIpc) is 0.972. The quantitative estimate of drug-likeness (QED) is 0.0169. The predicted octanol–water partition coefficient (Wildman–Crippen LogP) is 22.0. The van der Waals surface area contributed by atoms with Gasteiger partial charge in [-0.1, -0.05) is 279 Å². The van der Waals surface area contributed by atoms with Gasteiger partial charge in [-0.3, -0.25) is 37.3 Å². The second-order valence-electron chi connectivity index (χ2n) is 25.6. The number of carbonyl (C=O) groups excluding carboxylic acids is 4. The highest BCUT2D eigenvalue weighted by atomic mass is 31.2. The molecule has 0 spiro atoms. The molecule has 0 aliphatic rings. The zero-order valence-electron chi connectivity index (χ0n) is 61.7. The lowest BCUT2D eigenvalue weighted by atomic mass is 10.1. The lowest BCUT2D eigenvalue weighted by molar-refractivity contribution is -0.161. The first kappa shape index (κ1) is 94.0. The van der Waals surface area contributed by atoms with Crippen LogP contribution < -0.4 is 0 Å². The standard InChI is InChI=1S/C79H138O17P2/c1-5-9-13-17-21-25-29-32-34-35-36-37-39-42-45-48-52-56-60-64-77(82)90-70-75(96-79(84)66-62-58-54-50-46-40-31-27-23-19-15-11-7-3)72-94-98(87,88)92-68-73(80)67-91-97(85,86)93-71-74(95-78(83)65-61-57-53-49-43-28-24-20-16-12-8-4)69-89-76(81)63-59-55-51-47-44-41-38-33-30-26-22-18-14-10-6-2/h9,13,21,25,27,31-34,36-38,42,45,52,56,73-75,80H,5-8,10-12,14-20,22-24,26,28-30,35,39-41,43-44,46-51,53-55,57-72H2,1-4H3,(H,85,86)(H,87,88)/b13-9-,25-21-,31-27-,34-32-,37-36-,38-33-,45-42-,56-52-. The number of hydrogen-bond acceptors (Lipinski definition) is 15. The van der Waals surface area contributed by atoms with Gasteiger partial charge in [-0.25, -0.2) is 9.13 Å². The summed E-state index contributed by atoms with van der Waals surface area (Å²) >= 11 is 0. The fourth-order valence-electron chi connectivity index (χ4n) is 10.2. The maximum absolute atomic E-state index is 13.1. The second-order valence-corrected chi connectivity index (χ2v) is 28.5. The van der Waals surface area contributed by atoms with Crippen LogP contribution in [0.15, 0.2) is 97.2 Å². The normalized spacial score (nSPS) is 14.5. The van der Waals surface area contributed by atoms with Crippen LogP contribution in [0.5, 0.6) is 0 Å². The third kappa shape index (κ3) is 70.4. The van der Waals surface area contributed by atoms with Crippen LogP contribution in [0.1, 0.15) is 323 Å². The molecule has 0 fully saturated rings. The lowest BCUT2D eigenvalue weighted by Crippen LogP contribution is -2.30. The molecule has 0 aromatic heterocycles. The number of esters is 4. The first-order valence-electron chi connectivity index (χ1n) is 38.5. The Hall–Kier alpha value is -4.02. The van der Waals surface area contributed by atoms with Crippen LogP contribution in [0.25, 0.3) is 0 Å². The largest absolute Gasteiger partial charge is 0.472 e. The highest BCUT2D eigenvalue weighted by Crippen LogP contribution is 2.45. The van der Waals surface area contributed by atoms with Gasteiger partial charge in [0.15, 0.2) is 12.2 Å². The molecule has 98 heavy (non-hydrogen) atoms. The van der Waals surface area contributed by atoms with Crippen molar-refractivity contribution >= 4 is 39.5 Å². The summed E-state index contributed by atoms with van der Waals surface area (Å²) in [6, 6.07) is 0. The molecule has 0 rings (SSSR count). The molecule has 566 valence electrons. The summed E-state index contributed by atoms with van der Waals surface area (Å²) < 4.78 is 68.3. The number of rotatable bonds is 72. The first-order valence-corrected chi connectivity index (χ1v) is 41.5. The average molecular weight is 1420 g/mol. The maximum atomic E-state index is 13.1. The molecule has 0 aliphatic carbocycles. The first-order chi connectivity index (χ1) is 47.7. The van der Waals surface area contributed by atoms with Gasteiger partial charge in [0.1, 0.15) is 19.3 Å². The molecule has 0 radical (unpaired) electrons. The van der Waals surface area contributed by atoms with Crippen molar-refractivity contribution in [1.82, 2.24) is 0 Å². The Morgan fingerprint density at radius 3 is 0.888 bits per heavy atom. The zero-order valence-corrected chi connectivity index (χ0v) is 63.5. The van der Waals surface area contributed by atoms with E-state index < -0.39 is 97.5 Å². The van der Waals surface area contributed by atoms with E-state index in [2.05, 4.69) is 107 Å². The number of hydrogen-bond donors (Lipinski definition) is 3. The summed E-state index contributed by atoms with van der Waals surface area (Å²) in [6.07, 6.45) is 74.2. The van der Waals surface area contributed by atoms with Gasteiger partial charge in [-0.05, 0) is 116 Å². The molecule has 19 heteroatoms. The van der Waals surface area contributed by atoms with Gasteiger partial charge in [0.05, 0.1) is 26.4 Å². The fraction of sp³-hybridized carbons (Fsp3) is 0.747. The minimum Gasteiger partial charge on any atom is -0.462 e. The molecular weight excluding hydrogens is 1280 g/mol. The third-order valence-corrected chi connectivity index (χ3v) is 17.9. The van der Waals surface area contributed by atoms with Crippen molar-refractivity contribution in [2.24, 2.45) is 0 Å². The number of aliphatic hydroxyl groups is 1. The minimum absolute atomic E-state index is 0.0349. The maximum Gasteiger partial charge on any atom is 0.472 e. The third-order valence-electron chi connectivity index (χ3n) is 16.0. The molecular formula is C79H138O17P2. The molecule has 0 aliphatic heterocycles. The van der Waals surface area contributed by atoms with E-state index in [1.807, 2.05) is 18.2 Å². The smallest absolute Gasteiger partial charge is 0.462 e. The van der Waals surface area contributed by atoms with Crippen molar-refractivity contribution in [2.45, 2.75) is 341 Å². The van der Waals surface area contributed by atoms with E-state index >= 15 is 0 Å². The molecule has 0 saturated heterocycles. The Morgan fingerprint density at radius 1 is 0.296 bits per heavy atom. The number of aliphatic hydroxyl groups excluding tert-OH is 1. The van der Waals surface area contributed by atoms with E-state index in [-0.39, 0.29) is 25.7 Å².